The number of aryl methyl sites for hydroxylation is 1. The zero-order chi connectivity index (χ0) is 17.7. The number of rotatable bonds is 3. The normalized spacial score (nSPS) is 19.6. The number of hydrogen-bond donors (Lipinski definition) is 1. The van der Waals surface area contributed by atoms with Crippen LogP contribution >= 0.6 is 0 Å². The highest BCUT2D eigenvalue weighted by Gasteiger charge is 2.29. The fourth-order valence-electron chi connectivity index (χ4n) is 3.66. The molecule has 0 aliphatic heterocycles. The van der Waals surface area contributed by atoms with E-state index in [9.17, 15) is 5.11 Å². The Morgan fingerprint density at radius 1 is 1.00 bits per heavy atom. The van der Waals surface area contributed by atoms with Gasteiger partial charge < -0.3 is 14.4 Å². The smallest absolute Gasteiger partial charge is 0.213 e. The van der Waals surface area contributed by atoms with Crippen molar-refractivity contribution in [2.24, 2.45) is 7.05 Å². The van der Waals surface area contributed by atoms with Crippen molar-refractivity contribution in [1.82, 2.24) is 14.5 Å². The van der Waals surface area contributed by atoms with Crippen LogP contribution < -0.4 is 4.74 Å². The number of pyridine rings is 2. The lowest BCUT2D eigenvalue weighted by molar-refractivity contribution is -0.0128. The van der Waals surface area contributed by atoms with Crippen LogP contribution in [-0.4, -0.2) is 31.8 Å². The Morgan fingerprint density at radius 2 is 1.85 bits per heavy atom. The van der Waals surface area contributed by atoms with Crippen molar-refractivity contribution >= 4 is 21.8 Å². The average molecular weight is 345 g/mol. The third kappa shape index (κ3) is 2.44. The highest BCUT2D eigenvalue weighted by atomic mass is 16.5. The predicted molar refractivity (Wildman–Crippen MR) is 101 cm³/mol. The van der Waals surface area contributed by atoms with Gasteiger partial charge in [0.2, 0.25) is 5.88 Å². The standard InChI is InChI=1S/C21H19N3O2/c1-24-19-6-7-22-12-18(19)17-4-2-13(8-20(17)24)14-3-5-21(23-11-14)26-16-9-15(25)10-16/h2-8,11-12,15-16,25H,9-10H2,1H3/t15-,16-. The first kappa shape index (κ1) is 15.3. The number of hydrogen-bond acceptors (Lipinski definition) is 4. The van der Waals surface area contributed by atoms with Gasteiger partial charge in [0.25, 0.3) is 0 Å². The number of benzene rings is 1. The van der Waals surface area contributed by atoms with Crippen LogP contribution in [0, 0.1) is 0 Å². The minimum absolute atomic E-state index is 0.0871. The predicted octanol–water partition coefficient (Wildman–Crippen LogP) is 3.69. The molecule has 4 aromatic rings. The van der Waals surface area contributed by atoms with Crippen molar-refractivity contribution in [1.29, 1.82) is 0 Å². The van der Waals surface area contributed by atoms with Crippen molar-refractivity contribution in [3.05, 3.63) is 55.0 Å². The molecular weight excluding hydrogens is 326 g/mol. The van der Waals surface area contributed by atoms with E-state index in [0.29, 0.717) is 18.7 Å². The molecule has 5 nitrogen and oxygen atoms in total. The maximum absolute atomic E-state index is 9.34. The number of nitrogens with zero attached hydrogens (tertiary/aromatic N) is 3. The summed E-state index contributed by atoms with van der Waals surface area (Å²) in [6.45, 7) is 0. The summed E-state index contributed by atoms with van der Waals surface area (Å²) in [7, 11) is 2.08. The molecule has 0 atom stereocenters. The first-order valence-corrected chi connectivity index (χ1v) is 8.82. The molecular formula is C21H19N3O2. The third-order valence-electron chi connectivity index (χ3n) is 5.24. The van der Waals surface area contributed by atoms with E-state index in [1.807, 2.05) is 36.8 Å². The summed E-state index contributed by atoms with van der Waals surface area (Å²) in [5, 5.41) is 11.7. The number of aliphatic hydroxyl groups excluding tert-OH is 1. The molecule has 1 aliphatic carbocycles. The average Bonchev–Trinajstić information content (AvgIpc) is 2.94. The largest absolute Gasteiger partial charge is 0.474 e. The van der Waals surface area contributed by atoms with Crippen LogP contribution in [0.25, 0.3) is 32.9 Å². The highest BCUT2D eigenvalue weighted by Crippen LogP contribution is 2.32. The van der Waals surface area contributed by atoms with Gasteiger partial charge >= 0.3 is 0 Å². The fourth-order valence-corrected chi connectivity index (χ4v) is 3.66. The molecule has 3 heterocycles. The summed E-state index contributed by atoms with van der Waals surface area (Å²) in [6, 6.07) is 12.4. The molecule has 0 unspecified atom stereocenters. The van der Waals surface area contributed by atoms with Crippen LogP contribution in [0.4, 0.5) is 0 Å². The second-order valence-corrected chi connectivity index (χ2v) is 6.93. The Bertz CT molecular complexity index is 1100. The molecule has 1 saturated carbocycles. The zero-order valence-corrected chi connectivity index (χ0v) is 14.5. The van der Waals surface area contributed by atoms with Gasteiger partial charge in [0.15, 0.2) is 0 Å². The van der Waals surface area contributed by atoms with Gasteiger partial charge in [0.05, 0.1) is 11.6 Å². The van der Waals surface area contributed by atoms with Gasteiger partial charge in [-0.3, -0.25) is 4.98 Å². The summed E-state index contributed by atoms with van der Waals surface area (Å²) >= 11 is 0. The minimum Gasteiger partial charge on any atom is -0.474 e. The Labute approximate surface area is 150 Å². The summed E-state index contributed by atoms with van der Waals surface area (Å²) in [6.07, 6.45) is 6.84. The van der Waals surface area contributed by atoms with E-state index >= 15 is 0 Å². The van der Waals surface area contributed by atoms with Gasteiger partial charge in [-0.05, 0) is 23.8 Å². The SMILES string of the molecule is Cn1c2ccncc2c2ccc(-c3ccc(O[C@H]4C[C@H](O)C4)nc3)cc21. The molecule has 0 radical (unpaired) electrons. The fraction of sp³-hybridized carbons (Fsp3) is 0.238. The van der Waals surface area contributed by atoms with Crippen LogP contribution in [-0.2, 0) is 7.05 Å². The highest BCUT2D eigenvalue weighted by molar-refractivity contribution is 6.08. The number of aromatic nitrogens is 3. The number of ether oxygens (including phenoxy) is 1. The summed E-state index contributed by atoms with van der Waals surface area (Å²) < 4.78 is 7.96. The quantitative estimate of drug-likeness (QED) is 0.615. The van der Waals surface area contributed by atoms with Crippen LogP contribution in [0.15, 0.2) is 55.0 Å². The molecule has 5 heteroatoms. The molecule has 0 saturated heterocycles. The topological polar surface area (TPSA) is 60.2 Å². The second kappa shape index (κ2) is 5.81. The van der Waals surface area contributed by atoms with E-state index < -0.39 is 0 Å². The molecule has 0 bridgehead atoms. The van der Waals surface area contributed by atoms with Crippen LogP contribution in [0.2, 0.25) is 0 Å². The lowest BCUT2D eigenvalue weighted by Crippen LogP contribution is -2.37. The Morgan fingerprint density at radius 3 is 2.62 bits per heavy atom. The monoisotopic (exact) mass is 345 g/mol. The van der Waals surface area contributed by atoms with Gasteiger partial charge in [0, 0.05) is 66.4 Å². The summed E-state index contributed by atoms with van der Waals surface area (Å²) in [5.74, 6) is 0.613. The Hall–Kier alpha value is -2.92. The molecule has 1 fully saturated rings. The van der Waals surface area contributed by atoms with Crippen molar-refractivity contribution in [2.75, 3.05) is 0 Å². The van der Waals surface area contributed by atoms with E-state index in [1.165, 1.54) is 21.8 Å². The first-order chi connectivity index (χ1) is 12.7. The van der Waals surface area contributed by atoms with E-state index in [-0.39, 0.29) is 12.2 Å². The van der Waals surface area contributed by atoms with Gasteiger partial charge in [-0.2, -0.15) is 0 Å². The van der Waals surface area contributed by atoms with E-state index in [2.05, 4.69) is 39.8 Å². The van der Waals surface area contributed by atoms with E-state index in [4.69, 9.17) is 4.74 Å². The maximum atomic E-state index is 9.34. The molecule has 1 aromatic carbocycles. The maximum Gasteiger partial charge on any atom is 0.213 e. The molecule has 130 valence electrons. The Kier molecular flexibility index (Phi) is 3.43. The van der Waals surface area contributed by atoms with E-state index in [1.54, 1.807) is 0 Å². The first-order valence-electron chi connectivity index (χ1n) is 8.82. The second-order valence-electron chi connectivity index (χ2n) is 6.93. The van der Waals surface area contributed by atoms with Crippen molar-refractivity contribution in [3.63, 3.8) is 0 Å². The molecule has 0 amide bonds. The number of fused-ring (bicyclic) bond motifs is 3. The molecule has 1 N–H and O–H groups in total. The molecule has 0 spiro atoms. The summed E-state index contributed by atoms with van der Waals surface area (Å²) in [4.78, 5) is 8.68. The van der Waals surface area contributed by atoms with E-state index in [0.717, 1.165) is 11.1 Å². The Balaban J connectivity index is 1.48. The van der Waals surface area contributed by atoms with Crippen LogP contribution in [0.5, 0.6) is 5.88 Å². The summed E-state index contributed by atoms with van der Waals surface area (Å²) in [5.41, 5.74) is 4.52. The van der Waals surface area contributed by atoms with Crippen LogP contribution in [0.1, 0.15) is 12.8 Å². The van der Waals surface area contributed by atoms with Gasteiger partial charge in [-0.25, -0.2) is 4.98 Å². The van der Waals surface area contributed by atoms with Gasteiger partial charge in [-0.15, -0.1) is 0 Å². The van der Waals surface area contributed by atoms with Crippen molar-refractivity contribution in [3.8, 4) is 17.0 Å². The van der Waals surface area contributed by atoms with Crippen molar-refractivity contribution < 1.29 is 9.84 Å². The number of aliphatic hydroxyl groups is 1. The lowest BCUT2D eigenvalue weighted by Gasteiger charge is -2.31. The molecule has 1 aliphatic rings. The van der Waals surface area contributed by atoms with Crippen LogP contribution in [0.3, 0.4) is 0 Å². The third-order valence-corrected chi connectivity index (χ3v) is 5.24. The molecule has 26 heavy (non-hydrogen) atoms. The van der Waals surface area contributed by atoms with Gasteiger partial charge in [-0.1, -0.05) is 12.1 Å². The minimum atomic E-state index is -0.220. The molecule has 3 aromatic heterocycles. The van der Waals surface area contributed by atoms with Gasteiger partial charge in [0.1, 0.15) is 6.10 Å². The van der Waals surface area contributed by atoms with Crippen molar-refractivity contribution in [2.45, 2.75) is 25.0 Å². The molecule has 5 rings (SSSR count). The zero-order valence-electron chi connectivity index (χ0n) is 14.5. The lowest BCUT2D eigenvalue weighted by atomic mass is 9.92.